The Bertz CT molecular complexity index is 3130. The highest BCUT2D eigenvalue weighted by atomic mass is 16.5. The molecule has 5 heteroatoms. The van der Waals surface area contributed by atoms with E-state index in [1.54, 1.807) is 0 Å². The minimum atomic E-state index is 0.00587. The molecule has 9 aromatic carbocycles. The minimum absolute atomic E-state index is 0.00587. The van der Waals surface area contributed by atoms with E-state index in [-0.39, 0.29) is 6.71 Å². The number of ether oxygens (including phenoxy) is 1. The van der Waals surface area contributed by atoms with Gasteiger partial charge in [-0.25, -0.2) is 0 Å². The summed E-state index contributed by atoms with van der Waals surface area (Å²) in [4.78, 5) is 4.71. The van der Waals surface area contributed by atoms with Crippen molar-refractivity contribution in [3.8, 4) is 17.2 Å². The van der Waals surface area contributed by atoms with E-state index in [0.717, 1.165) is 56.7 Å². The molecule has 12 rings (SSSR count). The molecule has 0 spiro atoms. The van der Waals surface area contributed by atoms with Crippen LogP contribution in [0.3, 0.4) is 0 Å². The lowest BCUT2D eigenvalue weighted by atomic mass is 9.34. The Morgan fingerprint density at radius 3 is 1.75 bits per heavy atom. The number of nitrogens with zero attached hydrogens (tertiary/aromatic N) is 3. The molecule has 0 amide bonds. The molecule has 2 aliphatic rings. The summed E-state index contributed by atoms with van der Waals surface area (Å²) < 4.78 is 9.41. The molecule has 1 aromatic heterocycles. The fourth-order valence-corrected chi connectivity index (χ4v) is 9.32. The van der Waals surface area contributed by atoms with Crippen molar-refractivity contribution < 1.29 is 4.74 Å². The number of fused-ring (bicyclic) bond motifs is 8. The maximum absolute atomic E-state index is 6.97. The molecule has 0 N–H and O–H groups in total. The van der Waals surface area contributed by atoms with Crippen molar-refractivity contribution in [3.05, 3.63) is 206 Å². The Hall–Kier alpha value is -7.50. The lowest BCUT2D eigenvalue weighted by molar-refractivity contribution is 0.488. The Morgan fingerprint density at radius 1 is 0.404 bits per heavy atom. The van der Waals surface area contributed by atoms with Gasteiger partial charge in [-0.1, -0.05) is 103 Å². The van der Waals surface area contributed by atoms with Crippen molar-refractivity contribution in [2.24, 2.45) is 0 Å². The van der Waals surface area contributed by atoms with Gasteiger partial charge in [-0.05, 0) is 130 Å². The Kier molecular flexibility index (Phi) is 6.99. The van der Waals surface area contributed by atoms with Crippen LogP contribution in [0.5, 0.6) is 11.5 Å². The molecule has 0 fully saturated rings. The van der Waals surface area contributed by atoms with Gasteiger partial charge in [0.25, 0.3) is 6.71 Å². The summed E-state index contributed by atoms with van der Waals surface area (Å²) in [5.41, 5.74) is 13.9. The van der Waals surface area contributed by atoms with Gasteiger partial charge in [-0.3, -0.25) is 0 Å². The zero-order valence-corrected chi connectivity index (χ0v) is 31.0. The first-order valence-electron chi connectivity index (χ1n) is 19.5. The standard InChI is InChI=1S/C52H34BN3O/c1-5-16-37(17-6-1)54(38-18-7-2-8-19-38)41-29-28-35-31-42-43-33-51-45(34-49(43)56(40-22-11-4-12-23-40)48(42)32-36(35)30-41)53-44-24-13-14-25-46(44)55(39-20-9-3-10-21-39)47-26-15-27-50(57-51)52(47)53/h1-34H. The SMILES string of the molecule is c1ccc(N(c2ccccc2)c2ccc3cc4c5cc6c(cc5n(-c5ccccc5)c4cc3c2)B2c3ccccc3N(c3ccccc3)c3cccc(c32)O6)cc1. The van der Waals surface area contributed by atoms with Crippen LogP contribution in [0.4, 0.5) is 34.1 Å². The second-order valence-electron chi connectivity index (χ2n) is 14.9. The predicted octanol–water partition coefficient (Wildman–Crippen LogP) is 11.8. The first-order chi connectivity index (χ1) is 28.3. The molecule has 0 saturated heterocycles. The first-order valence-corrected chi connectivity index (χ1v) is 19.5. The highest BCUT2D eigenvalue weighted by Crippen LogP contribution is 2.43. The van der Waals surface area contributed by atoms with Gasteiger partial charge in [0.1, 0.15) is 11.5 Å². The monoisotopic (exact) mass is 727 g/mol. The summed E-state index contributed by atoms with van der Waals surface area (Å²) in [7, 11) is 0. The van der Waals surface area contributed by atoms with Crippen LogP contribution in [0.1, 0.15) is 0 Å². The molecule has 10 aromatic rings. The van der Waals surface area contributed by atoms with E-state index in [1.165, 1.54) is 43.6 Å². The Labute approximate surface area is 331 Å². The summed E-state index contributed by atoms with van der Waals surface area (Å²) >= 11 is 0. The molecule has 0 aliphatic carbocycles. The van der Waals surface area contributed by atoms with Gasteiger partial charge < -0.3 is 19.1 Å². The molecule has 57 heavy (non-hydrogen) atoms. The normalized spacial score (nSPS) is 12.6. The number of hydrogen-bond acceptors (Lipinski definition) is 3. The van der Waals surface area contributed by atoms with E-state index < -0.39 is 0 Å². The van der Waals surface area contributed by atoms with Crippen molar-refractivity contribution in [1.29, 1.82) is 0 Å². The van der Waals surface area contributed by atoms with Crippen LogP contribution in [-0.4, -0.2) is 11.3 Å². The van der Waals surface area contributed by atoms with Gasteiger partial charge >= 0.3 is 0 Å². The van der Waals surface area contributed by atoms with E-state index in [1.807, 2.05) is 0 Å². The number of benzene rings is 9. The fraction of sp³-hybridized carbons (Fsp3) is 0. The smallest absolute Gasteiger partial charge is 0.256 e. The number of hydrogen-bond donors (Lipinski definition) is 0. The topological polar surface area (TPSA) is 20.6 Å². The van der Waals surface area contributed by atoms with Gasteiger partial charge in [0.05, 0.1) is 11.0 Å². The number of aromatic nitrogens is 1. The average Bonchev–Trinajstić information content (AvgIpc) is 3.58. The van der Waals surface area contributed by atoms with Gasteiger partial charge in [0.15, 0.2) is 0 Å². The van der Waals surface area contributed by atoms with Crippen LogP contribution >= 0.6 is 0 Å². The molecular formula is C52H34BN3O. The molecular weight excluding hydrogens is 693 g/mol. The van der Waals surface area contributed by atoms with Crippen molar-refractivity contribution in [3.63, 3.8) is 0 Å². The van der Waals surface area contributed by atoms with E-state index in [9.17, 15) is 0 Å². The minimum Gasteiger partial charge on any atom is -0.458 e. The molecule has 3 heterocycles. The Morgan fingerprint density at radius 2 is 1.02 bits per heavy atom. The van der Waals surface area contributed by atoms with Crippen molar-refractivity contribution in [1.82, 2.24) is 4.57 Å². The van der Waals surface area contributed by atoms with Crippen molar-refractivity contribution in [2.45, 2.75) is 0 Å². The van der Waals surface area contributed by atoms with Crippen LogP contribution in [0, 0.1) is 0 Å². The van der Waals surface area contributed by atoms with E-state index in [0.29, 0.717) is 0 Å². The van der Waals surface area contributed by atoms with E-state index in [4.69, 9.17) is 4.74 Å². The first kappa shape index (κ1) is 31.8. The number of rotatable bonds is 5. The quantitative estimate of drug-likeness (QED) is 0.165. The van der Waals surface area contributed by atoms with Gasteiger partial charge in [0, 0.05) is 50.6 Å². The van der Waals surface area contributed by atoms with Crippen LogP contribution in [0.25, 0.3) is 38.3 Å². The van der Waals surface area contributed by atoms with E-state index in [2.05, 4.69) is 221 Å². The third-order valence-electron chi connectivity index (χ3n) is 11.7. The van der Waals surface area contributed by atoms with Crippen LogP contribution in [0.2, 0.25) is 0 Å². The van der Waals surface area contributed by atoms with Crippen LogP contribution in [0.15, 0.2) is 206 Å². The van der Waals surface area contributed by atoms with Gasteiger partial charge in [-0.2, -0.15) is 0 Å². The summed E-state index contributed by atoms with van der Waals surface area (Å²) in [6.45, 7) is 0.00587. The largest absolute Gasteiger partial charge is 0.458 e. The maximum Gasteiger partial charge on any atom is 0.256 e. The molecule has 266 valence electrons. The third-order valence-corrected chi connectivity index (χ3v) is 11.7. The Balaban J connectivity index is 1.10. The highest BCUT2D eigenvalue weighted by Gasteiger charge is 2.42. The molecule has 0 bridgehead atoms. The second-order valence-corrected chi connectivity index (χ2v) is 14.9. The zero-order chi connectivity index (χ0) is 37.5. The number of para-hydroxylation sites is 5. The molecule has 0 atom stereocenters. The molecule has 4 nitrogen and oxygen atoms in total. The summed E-state index contributed by atoms with van der Waals surface area (Å²) in [6, 6.07) is 74.2. The van der Waals surface area contributed by atoms with Crippen molar-refractivity contribution >= 4 is 89.8 Å². The molecule has 0 saturated carbocycles. The third kappa shape index (κ3) is 4.89. The highest BCUT2D eigenvalue weighted by molar-refractivity contribution is 6.99. The second kappa shape index (κ2) is 12.5. The zero-order valence-electron chi connectivity index (χ0n) is 31.0. The average molecular weight is 728 g/mol. The lowest BCUT2D eigenvalue weighted by Crippen LogP contribution is -2.59. The maximum atomic E-state index is 6.97. The van der Waals surface area contributed by atoms with Gasteiger partial charge in [-0.15, -0.1) is 0 Å². The summed E-state index contributed by atoms with van der Waals surface area (Å²) in [5, 5.41) is 4.73. The fourth-order valence-electron chi connectivity index (χ4n) is 9.32. The summed E-state index contributed by atoms with van der Waals surface area (Å²) in [5.74, 6) is 1.81. The lowest BCUT2D eigenvalue weighted by Gasteiger charge is -2.39. The molecule has 0 unspecified atom stereocenters. The van der Waals surface area contributed by atoms with Crippen LogP contribution < -0.4 is 30.9 Å². The molecule has 0 radical (unpaired) electrons. The van der Waals surface area contributed by atoms with Crippen molar-refractivity contribution in [2.75, 3.05) is 9.80 Å². The van der Waals surface area contributed by atoms with E-state index >= 15 is 0 Å². The predicted molar refractivity (Wildman–Crippen MR) is 239 cm³/mol. The van der Waals surface area contributed by atoms with Crippen LogP contribution in [-0.2, 0) is 0 Å². The molecule has 2 aliphatic heterocycles. The summed E-state index contributed by atoms with van der Waals surface area (Å²) in [6.07, 6.45) is 0. The number of anilines is 6. The van der Waals surface area contributed by atoms with Gasteiger partial charge in [0.2, 0.25) is 0 Å².